The van der Waals surface area contributed by atoms with E-state index < -0.39 is 23.2 Å². The molecule has 0 saturated carbocycles. The van der Waals surface area contributed by atoms with Crippen molar-refractivity contribution >= 4 is 34.5 Å². The number of hydrogen-bond donors (Lipinski definition) is 2. The monoisotopic (exact) mass is 348 g/mol. The molecule has 1 aromatic carbocycles. The zero-order valence-corrected chi connectivity index (χ0v) is 14.0. The van der Waals surface area contributed by atoms with E-state index in [9.17, 15) is 19.1 Å². The Morgan fingerprint density at radius 3 is 2.67 bits per heavy atom. The summed E-state index contributed by atoms with van der Waals surface area (Å²) in [5, 5.41) is 12.9. The summed E-state index contributed by atoms with van der Waals surface area (Å²) in [4.78, 5) is 28.6. The molecule has 1 aliphatic rings. The lowest BCUT2D eigenvalue weighted by molar-refractivity contribution is -0.144. The van der Waals surface area contributed by atoms with Gasteiger partial charge in [-0.05, 0) is 49.5 Å². The highest BCUT2D eigenvalue weighted by molar-refractivity contribution is 7.99. The fourth-order valence-electron chi connectivity index (χ4n) is 2.86. The normalized spacial score (nSPS) is 16.8. The molecule has 1 aromatic heterocycles. The van der Waals surface area contributed by atoms with Crippen LogP contribution in [0.1, 0.15) is 28.9 Å². The summed E-state index contributed by atoms with van der Waals surface area (Å²) in [5.41, 5.74) is -0.0117. The molecule has 126 valence electrons. The van der Waals surface area contributed by atoms with Crippen molar-refractivity contribution in [2.24, 2.45) is 0 Å². The van der Waals surface area contributed by atoms with Crippen LogP contribution in [0.2, 0.25) is 0 Å². The summed E-state index contributed by atoms with van der Waals surface area (Å²) in [7, 11) is 0. The number of carboxylic acid groups (broad SMARTS) is 1. The van der Waals surface area contributed by atoms with Gasteiger partial charge in [-0.2, -0.15) is 11.8 Å². The van der Waals surface area contributed by atoms with Gasteiger partial charge in [-0.1, -0.05) is 0 Å². The van der Waals surface area contributed by atoms with E-state index in [1.807, 2.05) is 0 Å². The number of pyridine rings is 1. The predicted molar refractivity (Wildman–Crippen MR) is 90.8 cm³/mol. The van der Waals surface area contributed by atoms with Crippen molar-refractivity contribution < 1.29 is 19.1 Å². The molecule has 1 saturated heterocycles. The van der Waals surface area contributed by atoms with E-state index >= 15 is 0 Å². The van der Waals surface area contributed by atoms with Gasteiger partial charge in [-0.3, -0.25) is 9.78 Å². The van der Waals surface area contributed by atoms with Gasteiger partial charge in [0, 0.05) is 11.5 Å². The zero-order chi connectivity index (χ0) is 17.3. The van der Waals surface area contributed by atoms with Crippen LogP contribution in [-0.4, -0.2) is 39.0 Å². The number of rotatable bonds is 3. The molecule has 2 heterocycles. The number of aliphatic carboxylic acids is 1. The maximum absolute atomic E-state index is 13.3. The molecule has 3 rings (SSSR count). The number of hydrogen-bond acceptors (Lipinski definition) is 4. The van der Waals surface area contributed by atoms with E-state index in [2.05, 4.69) is 10.3 Å². The van der Waals surface area contributed by atoms with Crippen LogP contribution in [0.3, 0.4) is 0 Å². The third-order valence-corrected chi connectivity index (χ3v) is 5.31. The Hall–Kier alpha value is -2.15. The van der Waals surface area contributed by atoms with Gasteiger partial charge < -0.3 is 10.4 Å². The van der Waals surface area contributed by atoms with E-state index in [1.165, 1.54) is 12.1 Å². The topological polar surface area (TPSA) is 79.3 Å². The van der Waals surface area contributed by atoms with Gasteiger partial charge in [-0.25, -0.2) is 9.18 Å². The van der Waals surface area contributed by atoms with Gasteiger partial charge in [0.1, 0.15) is 11.4 Å². The Bertz CT molecular complexity index is 819. The maximum atomic E-state index is 13.3. The molecule has 1 fully saturated rings. The van der Waals surface area contributed by atoms with Crippen LogP contribution in [0.25, 0.3) is 10.9 Å². The molecule has 1 aliphatic heterocycles. The lowest BCUT2D eigenvalue weighted by Crippen LogP contribution is -2.56. The van der Waals surface area contributed by atoms with E-state index in [4.69, 9.17) is 0 Å². The molecular formula is C17H17FN2O3S. The van der Waals surface area contributed by atoms with E-state index in [0.29, 0.717) is 46.5 Å². The minimum absolute atomic E-state index is 0.313. The molecule has 5 nitrogen and oxygen atoms in total. The summed E-state index contributed by atoms with van der Waals surface area (Å²) in [5.74, 6) is -0.469. The van der Waals surface area contributed by atoms with E-state index in [0.717, 1.165) is 0 Å². The number of aryl methyl sites for hydroxylation is 1. The second kappa shape index (κ2) is 6.39. The Kier molecular flexibility index (Phi) is 4.45. The van der Waals surface area contributed by atoms with Gasteiger partial charge in [0.05, 0.1) is 16.8 Å². The van der Waals surface area contributed by atoms with Crippen LogP contribution in [0, 0.1) is 12.7 Å². The number of nitrogens with zero attached hydrogens (tertiary/aromatic N) is 1. The smallest absolute Gasteiger partial charge is 0.329 e. The largest absolute Gasteiger partial charge is 0.480 e. The van der Waals surface area contributed by atoms with Crippen molar-refractivity contribution in [1.29, 1.82) is 0 Å². The van der Waals surface area contributed by atoms with Crippen LogP contribution in [-0.2, 0) is 4.79 Å². The number of fused-ring (bicyclic) bond motifs is 1. The van der Waals surface area contributed by atoms with E-state index in [-0.39, 0.29) is 0 Å². The Labute approximate surface area is 142 Å². The van der Waals surface area contributed by atoms with Crippen molar-refractivity contribution in [3.63, 3.8) is 0 Å². The summed E-state index contributed by atoms with van der Waals surface area (Å²) in [6.07, 6.45) is 0.786. The lowest BCUT2D eigenvalue weighted by Gasteiger charge is -2.33. The number of aromatic nitrogens is 1. The van der Waals surface area contributed by atoms with Crippen molar-refractivity contribution in [2.75, 3.05) is 11.5 Å². The number of nitrogens with one attached hydrogen (secondary N) is 1. The van der Waals surface area contributed by atoms with Crippen LogP contribution >= 0.6 is 11.8 Å². The minimum Gasteiger partial charge on any atom is -0.480 e. The van der Waals surface area contributed by atoms with Crippen molar-refractivity contribution in [2.45, 2.75) is 25.3 Å². The van der Waals surface area contributed by atoms with Crippen LogP contribution in [0.15, 0.2) is 24.3 Å². The average molecular weight is 348 g/mol. The zero-order valence-electron chi connectivity index (χ0n) is 13.1. The summed E-state index contributed by atoms with van der Waals surface area (Å²) in [6, 6.07) is 5.79. The van der Waals surface area contributed by atoms with Gasteiger partial charge in [-0.15, -0.1) is 0 Å². The van der Waals surface area contributed by atoms with Gasteiger partial charge in [0.15, 0.2) is 0 Å². The third kappa shape index (κ3) is 3.08. The number of thioether (sulfide) groups is 1. The molecule has 0 bridgehead atoms. The molecule has 2 aromatic rings. The van der Waals surface area contributed by atoms with Crippen LogP contribution in [0.4, 0.5) is 4.39 Å². The first-order valence-electron chi connectivity index (χ1n) is 7.62. The second-order valence-electron chi connectivity index (χ2n) is 5.91. The first-order valence-corrected chi connectivity index (χ1v) is 8.77. The molecule has 1 amide bonds. The molecule has 24 heavy (non-hydrogen) atoms. The van der Waals surface area contributed by atoms with Crippen molar-refractivity contribution in [3.8, 4) is 0 Å². The number of halogens is 1. The number of carboxylic acids is 1. The first kappa shape index (κ1) is 16.7. The number of benzene rings is 1. The Balaban J connectivity index is 1.94. The van der Waals surface area contributed by atoms with Crippen LogP contribution in [0.5, 0.6) is 0 Å². The number of carbonyl (C=O) groups excluding carboxylic acids is 1. The molecule has 7 heteroatoms. The molecule has 0 aliphatic carbocycles. The third-order valence-electron chi connectivity index (χ3n) is 4.32. The summed E-state index contributed by atoms with van der Waals surface area (Å²) in [6.45, 7) is 1.66. The summed E-state index contributed by atoms with van der Waals surface area (Å²) >= 11 is 1.68. The average Bonchev–Trinajstić information content (AvgIpc) is 2.54. The highest BCUT2D eigenvalue weighted by Crippen LogP contribution is 2.28. The standard InChI is InChI=1S/C17H17FN2O3S/c1-10-13(8-11-2-3-12(18)9-14(11)19-10)15(21)20-17(16(22)23)4-6-24-7-5-17/h2-3,8-9H,4-7H2,1H3,(H,20,21)(H,22,23). The Morgan fingerprint density at radius 1 is 1.29 bits per heavy atom. The lowest BCUT2D eigenvalue weighted by atomic mass is 9.91. The van der Waals surface area contributed by atoms with Crippen molar-refractivity contribution in [3.05, 3.63) is 41.3 Å². The minimum atomic E-state index is -1.23. The highest BCUT2D eigenvalue weighted by Gasteiger charge is 2.41. The van der Waals surface area contributed by atoms with E-state index in [1.54, 1.807) is 30.8 Å². The molecule has 0 unspecified atom stereocenters. The number of amides is 1. The molecule has 0 radical (unpaired) electrons. The molecule has 0 atom stereocenters. The SMILES string of the molecule is Cc1nc2cc(F)ccc2cc1C(=O)NC1(C(=O)O)CCSCC1. The first-order chi connectivity index (χ1) is 11.4. The fraction of sp³-hybridized carbons (Fsp3) is 0.353. The fourth-order valence-corrected chi connectivity index (χ4v) is 4.05. The second-order valence-corrected chi connectivity index (χ2v) is 7.14. The van der Waals surface area contributed by atoms with Gasteiger partial charge in [0.2, 0.25) is 0 Å². The maximum Gasteiger partial charge on any atom is 0.329 e. The van der Waals surface area contributed by atoms with Crippen molar-refractivity contribution in [1.82, 2.24) is 10.3 Å². The molecular weight excluding hydrogens is 331 g/mol. The van der Waals surface area contributed by atoms with Gasteiger partial charge in [0.25, 0.3) is 5.91 Å². The summed E-state index contributed by atoms with van der Waals surface area (Å²) < 4.78 is 13.3. The highest BCUT2D eigenvalue weighted by atomic mass is 32.2. The number of carbonyl (C=O) groups is 2. The molecule has 2 N–H and O–H groups in total. The van der Waals surface area contributed by atoms with Crippen LogP contribution < -0.4 is 5.32 Å². The quantitative estimate of drug-likeness (QED) is 0.892. The van der Waals surface area contributed by atoms with Gasteiger partial charge >= 0.3 is 5.97 Å². The predicted octanol–water partition coefficient (Wildman–Crippen LogP) is 2.76. The molecule has 0 spiro atoms. The Morgan fingerprint density at radius 2 is 2.00 bits per heavy atom.